The summed E-state index contributed by atoms with van der Waals surface area (Å²) in [6, 6.07) is 0. The van der Waals surface area contributed by atoms with Crippen LogP contribution in [0, 0.1) is 0 Å². The molecule has 0 rings (SSSR count). The fourth-order valence-corrected chi connectivity index (χ4v) is 6.62. The zero-order valence-corrected chi connectivity index (χ0v) is 12.9. The summed E-state index contributed by atoms with van der Waals surface area (Å²) in [5, 5.41) is 0. The first kappa shape index (κ1) is 17.5. The van der Waals surface area contributed by atoms with Crippen LogP contribution in [0.5, 0.6) is 0 Å². The van der Waals surface area contributed by atoms with E-state index < -0.39 is 15.5 Å². The van der Waals surface area contributed by atoms with E-state index in [9.17, 15) is 9.46 Å². The molecule has 8 heteroatoms. The van der Waals surface area contributed by atoms with Gasteiger partial charge in [0.2, 0.25) is 0 Å². The molecular weight excluding hydrogens is 266 g/mol. The molecule has 0 saturated carbocycles. The predicted molar refractivity (Wildman–Crippen MR) is 69.5 cm³/mol. The van der Waals surface area contributed by atoms with Gasteiger partial charge in [0, 0.05) is 0 Å². The molecule has 0 radical (unpaired) electrons. The molecule has 0 aromatic heterocycles. The van der Waals surface area contributed by atoms with Crippen LogP contribution < -0.4 is 0 Å². The average molecular weight is 290 g/mol. The summed E-state index contributed by atoms with van der Waals surface area (Å²) in [6.07, 6.45) is 0. The van der Waals surface area contributed by atoms with Crippen molar-refractivity contribution in [2.45, 2.75) is 27.7 Å². The van der Waals surface area contributed by atoms with Crippen LogP contribution in [0.1, 0.15) is 27.7 Å². The van der Waals surface area contributed by atoms with E-state index in [1.807, 2.05) is 0 Å². The van der Waals surface area contributed by atoms with Gasteiger partial charge in [-0.1, -0.05) is 0 Å². The van der Waals surface area contributed by atoms with Crippen molar-refractivity contribution in [3.05, 3.63) is 0 Å². The van der Waals surface area contributed by atoms with Crippen LogP contribution in [0.3, 0.4) is 0 Å². The zero-order valence-electron chi connectivity index (χ0n) is 11.0. The molecule has 0 aliphatic heterocycles. The summed E-state index contributed by atoms with van der Waals surface area (Å²) in [5.74, 6) is -0.205. The Kier molecular flexibility index (Phi) is 8.77. The van der Waals surface area contributed by atoms with Crippen molar-refractivity contribution in [1.29, 1.82) is 0 Å². The molecule has 0 atom stereocenters. The Morgan fingerprint density at radius 1 is 0.941 bits per heavy atom. The van der Waals surface area contributed by atoms with E-state index in [-0.39, 0.29) is 19.1 Å². The van der Waals surface area contributed by atoms with E-state index in [0.29, 0.717) is 13.2 Å². The van der Waals surface area contributed by atoms with Gasteiger partial charge in [-0.25, -0.2) is 0 Å². The molecule has 0 saturated heterocycles. The van der Waals surface area contributed by atoms with E-state index in [4.69, 9.17) is 18.1 Å². The van der Waals surface area contributed by atoms with Gasteiger partial charge in [0.15, 0.2) is 0 Å². The number of hydrogen-bond donors (Lipinski definition) is 1. The van der Waals surface area contributed by atoms with Crippen molar-refractivity contribution in [2.24, 2.45) is 0 Å². The van der Waals surface area contributed by atoms with Crippen molar-refractivity contribution in [3.8, 4) is 0 Å². The minimum atomic E-state index is -3.47. The van der Waals surface area contributed by atoms with Crippen molar-refractivity contribution in [2.75, 3.05) is 32.3 Å². The Hall–Kier alpha value is 0.460. The standard InChI is InChI=1S/C9H24O6P2/c1-5-12-16(10,13-6-2)9-17(11,14-7-3)15-8-4/h10,16H,5-9H2,1-4H3. The summed E-state index contributed by atoms with van der Waals surface area (Å²) >= 11 is 0. The second-order valence-electron chi connectivity index (χ2n) is 3.18. The molecule has 106 valence electrons. The Bertz CT molecular complexity index is 232. The van der Waals surface area contributed by atoms with Gasteiger partial charge in [-0.15, -0.1) is 0 Å². The van der Waals surface area contributed by atoms with E-state index in [0.717, 1.165) is 0 Å². The van der Waals surface area contributed by atoms with Crippen LogP contribution >= 0.6 is 15.5 Å². The third-order valence-electron chi connectivity index (χ3n) is 1.78. The molecule has 0 aromatic rings. The van der Waals surface area contributed by atoms with Crippen LogP contribution in [0.25, 0.3) is 0 Å². The monoisotopic (exact) mass is 290 g/mol. The van der Waals surface area contributed by atoms with E-state index in [1.54, 1.807) is 27.7 Å². The van der Waals surface area contributed by atoms with Gasteiger partial charge >= 0.3 is 103 Å². The van der Waals surface area contributed by atoms with Crippen molar-refractivity contribution < 1.29 is 27.6 Å². The maximum absolute atomic E-state index is 12.2. The quantitative estimate of drug-likeness (QED) is 0.624. The summed E-state index contributed by atoms with van der Waals surface area (Å²) in [6.45, 7) is 8.00. The first-order chi connectivity index (χ1) is 7.95. The van der Waals surface area contributed by atoms with Crippen molar-refractivity contribution in [3.63, 3.8) is 0 Å². The fourth-order valence-electron chi connectivity index (χ4n) is 1.35. The van der Waals surface area contributed by atoms with E-state index in [1.165, 1.54) is 0 Å². The summed E-state index contributed by atoms with van der Waals surface area (Å²) in [4.78, 5) is 10.2. The Morgan fingerprint density at radius 2 is 1.35 bits per heavy atom. The van der Waals surface area contributed by atoms with E-state index in [2.05, 4.69) is 0 Å². The van der Waals surface area contributed by atoms with Gasteiger partial charge in [-0.05, 0) is 0 Å². The molecule has 0 aliphatic rings. The van der Waals surface area contributed by atoms with Crippen molar-refractivity contribution >= 4 is 15.5 Å². The summed E-state index contributed by atoms with van der Waals surface area (Å²) < 4.78 is 32.9. The van der Waals surface area contributed by atoms with E-state index >= 15 is 0 Å². The molecule has 0 spiro atoms. The van der Waals surface area contributed by atoms with Gasteiger partial charge in [0.05, 0.1) is 0 Å². The minimum absolute atomic E-state index is 0.205. The molecule has 0 aromatic carbocycles. The third-order valence-corrected chi connectivity index (χ3v) is 7.72. The molecule has 0 bridgehead atoms. The van der Waals surface area contributed by atoms with Gasteiger partial charge in [0.25, 0.3) is 0 Å². The van der Waals surface area contributed by atoms with Crippen LogP contribution in [0.2, 0.25) is 0 Å². The molecule has 0 heterocycles. The second kappa shape index (κ2) is 8.54. The number of hydrogen-bond acceptors (Lipinski definition) is 6. The molecule has 0 amide bonds. The van der Waals surface area contributed by atoms with Crippen LogP contribution in [0.15, 0.2) is 0 Å². The summed E-state index contributed by atoms with van der Waals surface area (Å²) in [7, 11) is -6.81. The van der Waals surface area contributed by atoms with Gasteiger partial charge in [-0.3, -0.25) is 0 Å². The third kappa shape index (κ3) is 6.82. The van der Waals surface area contributed by atoms with Gasteiger partial charge in [0.1, 0.15) is 0 Å². The normalized spacial score (nSPS) is 13.9. The van der Waals surface area contributed by atoms with Crippen molar-refractivity contribution in [1.82, 2.24) is 0 Å². The topological polar surface area (TPSA) is 74.2 Å². The molecule has 1 N–H and O–H groups in total. The van der Waals surface area contributed by atoms with Crippen LogP contribution in [0.4, 0.5) is 0 Å². The second-order valence-corrected chi connectivity index (χ2v) is 8.19. The first-order valence-electron chi connectivity index (χ1n) is 5.83. The van der Waals surface area contributed by atoms with Gasteiger partial charge < -0.3 is 0 Å². The van der Waals surface area contributed by atoms with Crippen LogP contribution in [-0.2, 0) is 22.7 Å². The molecule has 0 aliphatic carbocycles. The summed E-state index contributed by atoms with van der Waals surface area (Å²) in [5.41, 5.74) is 0. The van der Waals surface area contributed by atoms with Crippen LogP contribution in [-0.4, -0.2) is 37.2 Å². The Balaban J connectivity index is 4.72. The first-order valence-corrected chi connectivity index (χ1v) is 9.53. The predicted octanol–water partition coefficient (Wildman–Crippen LogP) is 2.77. The van der Waals surface area contributed by atoms with Gasteiger partial charge in [-0.2, -0.15) is 0 Å². The molecular formula is C9H24O6P2. The average Bonchev–Trinajstić information content (AvgIpc) is 2.17. The molecule has 0 fully saturated rings. The molecule has 6 nitrogen and oxygen atoms in total. The maximum atomic E-state index is 12.2. The Labute approximate surface area is 104 Å². The SMILES string of the molecule is CCOP(=O)(C[PH](O)(OCC)OCC)OCC. The molecule has 17 heavy (non-hydrogen) atoms. The number of rotatable bonds is 10. The fraction of sp³-hybridized carbons (Fsp3) is 1.00. The molecule has 0 unspecified atom stereocenters. The Morgan fingerprint density at radius 3 is 1.65 bits per heavy atom. The zero-order chi connectivity index (χ0) is 13.4.